The summed E-state index contributed by atoms with van der Waals surface area (Å²) in [6.07, 6.45) is 1.85. The SMILES string of the molecule is Cl.NC(=NO)C1=Cc2cc3c(cc21)OCCO3. The van der Waals surface area contributed by atoms with E-state index in [9.17, 15) is 0 Å². The third-order valence-corrected chi connectivity index (χ3v) is 2.69. The average molecular weight is 255 g/mol. The van der Waals surface area contributed by atoms with Gasteiger partial charge in [-0.2, -0.15) is 0 Å². The zero-order valence-electron chi connectivity index (χ0n) is 8.84. The standard InChI is InChI=1S/C11H10N2O3.ClH/c12-11(13-14)8-3-6-4-9-10(5-7(6)8)16-2-1-15-9;/h3-5,14H,1-2H2,(H2,12,13);1H. The van der Waals surface area contributed by atoms with Crippen molar-refractivity contribution >= 4 is 29.9 Å². The highest BCUT2D eigenvalue weighted by atomic mass is 35.5. The molecule has 0 radical (unpaired) electrons. The van der Waals surface area contributed by atoms with Gasteiger partial charge < -0.3 is 20.4 Å². The van der Waals surface area contributed by atoms with Gasteiger partial charge in [0.2, 0.25) is 0 Å². The zero-order chi connectivity index (χ0) is 11.1. The van der Waals surface area contributed by atoms with E-state index in [0.29, 0.717) is 19.0 Å². The predicted molar refractivity (Wildman–Crippen MR) is 66.0 cm³/mol. The second-order valence-electron chi connectivity index (χ2n) is 3.63. The van der Waals surface area contributed by atoms with Crippen molar-refractivity contribution in [3.05, 3.63) is 23.3 Å². The van der Waals surface area contributed by atoms with Crippen LogP contribution in [0.5, 0.6) is 11.5 Å². The number of fused-ring (bicyclic) bond motifs is 2. The molecule has 0 fully saturated rings. The molecule has 0 spiro atoms. The molecule has 0 amide bonds. The van der Waals surface area contributed by atoms with E-state index in [-0.39, 0.29) is 18.2 Å². The van der Waals surface area contributed by atoms with Gasteiger partial charge in [-0.15, -0.1) is 12.4 Å². The molecule has 1 aliphatic heterocycles. The second kappa shape index (κ2) is 4.18. The van der Waals surface area contributed by atoms with Crippen LogP contribution in [0.4, 0.5) is 0 Å². The number of ether oxygens (including phenoxy) is 2. The summed E-state index contributed by atoms with van der Waals surface area (Å²) in [5, 5.41) is 11.6. The molecule has 17 heavy (non-hydrogen) atoms. The van der Waals surface area contributed by atoms with E-state index in [1.807, 2.05) is 18.2 Å². The van der Waals surface area contributed by atoms with Crippen molar-refractivity contribution in [3.63, 3.8) is 0 Å². The minimum atomic E-state index is 0. The molecule has 5 nitrogen and oxygen atoms in total. The number of amidine groups is 1. The van der Waals surface area contributed by atoms with Gasteiger partial charge >= 0.3 is 0 Å². The fourth-order valence-electron chi connectivity index (χ4n) is 1.88. The largest absolute Gasteiger partial charge is 0.486 e. The molecule has 6 heteroatoms. The van der Waals surface area contributed by atoms with Crippen LogP contribution in [-0.2, 0) is 0 Å². The lowest BCUT2D eigenvalue weighted by Gasteiger charge is -2.24. The molecule has 0 unspecified atom stereocenters. The first-order valence-corrected chi connectivity index (χ1v) is 4.93. The smallest absolute Gasteiger partial charge is 0.170 e. The first-order valence-electron chi connectivity index (χ1n) is 4.93. The van der Waals surface area contributed by atoms with E-state index in [2.05, 4.69) is 5.16 Å². The van der Waals surface area contributed by atoms with Crippen molar-refractivity contribution in [1.29, 1.82) is 0 Å². The molecule has 0 bridgehead atoms. The number of rotatable bonds is 1. The van der Waals surface area contributed by atoms with Gasteiger partial charge in [0, 0.05) is 5.57 Å². The minimum absolute atomic E-state index is 0. The van der Waals surface area contributed by atoms with Crippen LogP contribution in [0.1, 0.15) is 11.1 Å². The summed E-state index contributed by atoms with van der Waals surface area (Å²) in [6, 6.07) is 3.76. The van der Waals surface area contributed by atoms with Crippen LogP contribution in [0.3, 0.4) is 0 Å². The summed E-state index contributed by atoms with van der Waals surface area (Å²) >= 11 is 0. The van der Waals surface area contributed by atoms with Crippen LogP contribution in [0, 0.1) is 0 Å². The highest BCUT2D eigenvalue weighted by molar-refractivity contribution is 6.31. The number of nitrogens with zero attached hydrogens (tertiary/aromatic N) is 1. The van der Waals surface area contributed by atoms with Gasteiger partial charge in [0.15, 0.2) is 17.3 Å². The Balaban J connectivity index is 0.00000108. The van der Waals surface area contributed by atoms with Gasteiger partial charge in [0.05, 0.1) is 0 Å². The Morgan fingerprint density at radius 2 is 1.88 bits per heavy atom. The predicted octanol–water partition coefficient (Wildman–Crippen LogP) is 1.48. The first-order chi connectivity index (χ1) is 7.79. The molecule has 0 saturated heterocycles. The second-order valence-corrected chi connectivity index (χ2v) is 3.63. The Hall–Kier alpha value is -1.88. The van der Waals surface area contributed by atoms with E-state index in [1.54, 1.807) is 0 Å². The molecule has 1 heterocycles. The van der Waals surface area contributed by atoms with Crippen molar-refractivity contribution in [2.45, 2.75) is 0 Å². The van der Waals surface area contributed by atoms with Gasteiger partial charge in [-0.1, -0.05) is 5.16 Å². The lowest BCUT2D eigenvalue weighted by molar-refractivity contribution is 0.171. The monoisotopic (exact) mass is 254 g/mol. The van der Waals surface area contributed by atoms with Crippen LogP contribution in [0.2, 0.25) is 0 Å². The summed E-state index contributed by atoms with van der Waals surface area (Å²) in [5.74, 6) is 1.57. The molecule has 0 saturated carbocycles. The molecule has 3 rings (SSSR count). The number of hydrogen-bond acceptors (Lipinski definition) is 4. The van der Waals surface area contributed by atoms with E-state index in [1.165, 1.54) is 0 Å². The molecule has 90 valence electrons. The highest BCUT2D eigenvalue weighted by Crippen LogP contribution is 2.41. The Morgan fingerprint density at radius 1 is 1.24 bits per heavy atom. The summed E-state index contributed by atoms with van der Waals surface area (Å²) < 4.78 is 10.9. The fourth-order valence-corrected chi connectivity index (χ4v) is 1.88. The van der Waals surface area contributed by atoms with Gasteiger partial charge in [0.25, 0.3) is 0 Å². The number of benzene rings is 1. The molecule has 3 N–H and O–H groups in total. The highest BCUT2D eigenvalue weighted by Gasteiger charge is 2.24. The maximum Gasteiger partial charge on any atom is 0.170 e. The zero-order valence-corrected chi connectivity index (χ0v) is 9.66. The summed E-state index contributed by atoms with van der Waals surface area (Å²) in [5.41, 5.74) is 8.21. The van der Waals surface area contributed by atoms with Gasteiger partial charge in [-0.3, -0.25) is 0 Å². The third kappa shape index (κ3) is 1.68. The Labute approximate surface area is 104 Å². The lowest BCUT2D eigenvalue weighted by atomic mass is 9.87. The van der Waals surface area contributed by atoms with Crippen molar-refractivity contribution in [1.82, 2.24) is 0 Å². The molecule has 0 atom stereocenters. The molecular formula is C11H11ClN2O3. The lowest BCUT2D eigenvalue weighted by Crippen LogP contribution is -2.20. The van der Waals surface area contributed by atoms with Gasteiger partial charge in [-0.25, -0.2) is 0 Å². The summed E-state index contributed by atoms with van der Waals surface area (Å²) in [7, 11) is 0. The van der Waals surface area contributed by atoms with Crippen LogP contribution in [-0.4, -0.2) is 24.3 Å². The summed E-state index contributed by atoms with van der Waals surface area (Å²) in [4.78, 5) is 0. The Morgan fingerprint density at radius 3 is 2.53 bits per heavy atom. The van der Waals surface area contributed by atoms with Crippen molar-refractivity contribution in [2.24, 2.45) is 10.9 Å². The number of nitrogens with two attached hydrogens (primary N) is 1. The number of halogens is 1. The van der Waals surface area contributed by atoms with Crippen molar-refractivity contribution in [3.8, 4) is 11.5 Å². The van der Waals surface area contributed by atoms with E-state index in [4.69, 9.17) is 20.4 Å². The molecule has 0 aromatic heterocycles. The van der Waals surface area contributed by atoms with Crippen LogP contribution in [0.15, 0.2) is 17.3 Å². The molecule has 2 aliphatic rings. The molecule has 1 aromatic carbocycles. The molecular weight excluding hydrogens is 244 g/mol. The van der Waals surface area contributed by atoms with Crippen LogP contribution >= 0.6 is 12.4 Å². The third-order valence-electron chi connectivity index (χ3n) is 2.69. The van der Waals surface area contributed by atoms with Crippen molar-refractivity contribution < 1.29 is 14.7 Å². The molecule has 1 aromatic rings. The number of oxime groups is 1. The molecule has 1 aliphatic carbocycles. The first kappa shape index (κ1) is 11.6. The van der Waals surface area contributed by atoms with E-state index in [0.717, 1.165) is 22.4 Å². The topological polar surface area (TPSA) is 77.1 Å². The van der Waals surface area contributed by atoms with Crippen LogP contribution < -0.4 is 15.2 Å². The normalized spacial score (nSPS) is 16.2. The van der Waals surface area contributed by atoms with E-state index < -0.39 is 0 Å². The fraction of sp³-hybridized carbons (Fsp3) is 0.182. The summed E-state index contributed by atoms with van der Waals surface area (Å²) in [6.45, 7) is 1.12. The van der Waals surface area contributed by atoms with E-state index >= 15 is 0 Å². The quantitative estimate of drug-likeness (QED) is 0.344. The van der Waals surface area contributed by atoms with Gasteiger partial charge in [0.1, 0.15) is 13.2 Å². The maximum atomic E-state index is 8.60. The Bertz CT molecular complexity index is 526. The number of hydrogen-bond donors (Lipinski definition) is 2. The van der Waals surface area contributed by atoms with Crippen LogP contribution in [0.25, 0.3) is 11.6 Å². The Kier molecular flexibility index (Phi) is 2.85. The van der Waals surface area contributed by atoms with Crippen molar-refractivity contribution in [2.75, 3.05) is 13.2 Å². The average Bonchev–Trinajstić information content (AvgIpc) is 2.31. The minimum Gasteiger partial charge on any atom is -0.486 e. The van der Waals surface area contributed by atoms with Gasteiger partial charge in [-0.05, 0) is 29.3 Å². The maximum absolute atomic E-state index is 8.60.